The maximum absolute atomic E-state index is 11.0. The Balaban J connectivity index is 2.06. The third-order valence-corrected chi connectivity index (χ3v) is 3.91. The molecule has 1 saturated heterocycles. The van der Waals surface area contributed by atoms with Gasteiger partial charge in [0.25, 0.3) is 5.69 Å². The minimum atomic E-state index is -0.349. The molecule has 0 saturated carbocycles. The van der Waals surface area contributed by atoms with E-state index in [2.05, 4.69) is 4.90 Å². The fourth-order valence-electron chi connectivity index (χ4n) is 2.48. The maximum Gasteiger partial charge on any atom is 0.273 e. The van der Waals surface area contributed by atoms with Crippen molar-refractivity contribution in [3.8, 4) is 0 Å². The summed E-state index contributed by atoms with van der Waals surface area (Å²) in [6, 6.07) is 4.73. The molecule has 6 heteroatoms. The standard InChI is InChI=1S/C13H18ClN3O2/c14-12-1-2-13(17(18)19)11(7-12)9-16-5-3-10(8-15)4-6-16/h1-2,7,10H,3-6,8-9,15H2. The van der Waals surface area contributed by atoms with Crippen LogP contribution in [0.5, 0.6) is 0 Å². The molecule has 0 unspecified atom stereocenters. The van der Waals surface area contributed by atoms with Crippen LogP contribution < -0.4 is 5.73 Å². The molecule has 1 aromatic rings. The molecule has 2 rings (SSSR count). The van der Waals surface area contributed by atoms with Gasteiger partial charge in [0.15, 0.2) is 0 Å². The minimum Gasteiger partial charge on any atom is -0.330 e. The molecule has 1 fully saturated rings. The summed E-state index contributed by atoms with van der Waals surface area (Å²) in [5, 5.41) is 11.5. The quantitative estimate of drug-likeness (QED) is 0.680. The topological polar surface area (TPSA) is 72.4 Å². The van der Waals surface area contributed by atoms with Crippen LogP contribution in [-0.4, -0.2) is 29.5 Å². The van der Waals surface area contributed by atoms with E-state index in [1.165, 1.54) is 6.07 Å². The van der Waals surface area contributed by atoms with Crippen molar-refractivity contribution in [2.24, 2.45) is 11.7 Å². The van der Waals surface area contributed by atoms with Crippen LogP contribution in [0.25, 0.3) is 0 Å². The second-order valence-corrected chi connectivity index (χ2v) is 5.42. The molecule has 5 nitrogen and oxygen atoms in total. The lowest BCUT2D eigenvalue weighted by molar-refractivity contribution is -0.385. The molecular weight excluding hydrogens is 266 g/mol. The number of nitro benzene ring substituents is 1. The van der Waals surface area contributed by atoms with Crippen molar-refractivity contribution in [2.75, 3.05) is 19.6 Å². The molecule has 0 bridgehead atoms. The van der Waals surface area contributed by atoms with Crippen molar-refractivity contribution >= 4 is 17.3 Å². The van der Waals surface area contributed by atoms with Crippen molar-refractivity contribution in [3.05, 3.63) is 38.9 Å². The molecule has 104 valence electrons. The van der Waals surface area contributed by atoms with Crippen LogP contribution in [0.3, 0.4) is 0 Å². The average Bonchev–Trinajstić information content (AvgIpc) is 2.39. The van der Waals surface area contributed by atoms with Crippen LogP contribution in [-0.2, 0) is 6.54 Å². The van der Waals surface area contributed by atoms with Gasteiger partial charge in [-0.1, -0.05) is 11.6 Å². The third-order valence-electron chi connectivity index (χ3n) is 3.67. The van der Waals surface area contributed by atoms with Crippen molar-refractivity contribution in [3.63, 3.8) is 0 Å². The van der Waals surface area contributed by atoms with Gasteiger partial charge in [-0.05, 0) is 50.5 Å². The summed E-state index contributed by atoms with van der Waals surface area (Å²) >= 11 is 5.93. The fraction of sp³-hybridized carbons (Fsp3) is 0.538. The van der Waals surface area contributed by atoms with E-state index < -0.39 is 0 Å². The molecule has 0 aromatic heterocycles. The van der Waals surface area contributed by atoms with E-state index in [0.717, 1.165) is 32.5 Å². The molecule has 1 aromatic carbocycles. The predicted octanol–water partition coefficient (Wildman–Crippen LogP) is 2.42. The third kappa shape index (κ3) is 3.65. The highest BCUT2D eigenvalue weighted by molar-refractivity contribution is 6.30. The largest absolute Gasteiger partial charge is 0.330 e. The second-order valence-electron chi connectivity index (χ2n) is 4.99. The average molecular weight is 284 g/mol. The van der Waals surface area contributed by atoms with Crippen LogP contribution in [0.1, 0.15) is 18.4 Å². The number of halogens is 1. The Morgan fingerprint density at radius 1 is 1.42 bits per heavy atom. The molecule has 1 aliphatic rings. The molecular formula is C13H18ClN3O2. The first-order valence-electron chi connectivity index (χ1n) is 6.45. The van der Waals surface area contributed by atoms with Crippen molar-refractivity contribution in [1.82, 2.24) is 4.90 Å². The van der Waals surface area contributed by atoms with E-state index >= 15 is 0 Å². The van der Waals surface area contributed by atoms with Gasteiger partial charge in [0.1, 0.15) is 0 Å². The molecule has 0 radical (unpaired) electrons. The molecule has 0 spiro atoms. The van der Waals surface area contributed by atoms with E-state index in [1.54, 1.807) is 12.1 Å². The number of piperidine rings is 1. The van der Waals surface area contributed by atoms with Crippen molar-refractivity contribution < 1.29 is 4.92 Å². The monoisotopic (exact) mass is 283 g/mol. The molecule has 0 amide bonds. The highest BCUT2D eigenvalue weighted by atomic mass is 35.5. The normalized spacial score (nSPS) is 17.6. The van der Waals surface area contributed by atoms with Gasteiger partial charge >= 0.3 is 0 Å². The predicted molar refractivity (Wildman–Crippen MR) is 75.2 cm³/mol. The summed E-state index contributed by atoms with van der Waals surface area (Å²) < 4.78 is 0. The molecule has 19 heavy (non-hydrogen) atoms. The number of benzene rings is 1. The zero-order chi connectivity index (χ0) is 13.8. The Morgan fingerprint density at radius 2 is 2.11 bits per heavy atom. The Morgan fingerprint density at radius 3 is 2.68 bits per heavy atom. The van der Waals surface area contributed by atoms with E-state index in [9.17, 15) is 10.1 Å². The van der Waals surface area contributed by atoms with Gasteiger partial charge in [-0.25, -0.2) is 0 Å². The summed E-state index contributed by atoms with van der Waals surface area (Å²) in [5.74, 6) is 0.589. The summed E-state index contributed by atoms with van der Waals surface area (Å²) in [7, 11) is 0. The number of hydrogen-bond acceptors (Lipinski definition) is 4. The zero-order valence-electron chi connectivity index (χ0n) is 10.7. The molecule has 1 heterocycles. The van der Waals surface area contributed by atoms with Gasteiger partial charge < -0.3 is 5.73 Å². The number of likely N-dealkylation sites (tertiary alicyclic amines) is 1. The van der Waals surface area contributed by atoms with Gasteiger partial charge in [-0.15, -0.1) is 0 Å². The molecule has 0 aliphatic carbocycles. The Labute approximate surface area is 117 Å². The number of rotatable bonds is 4. The van der Waals surface area contributed by atoms with E-state index in [0.29, 0.717) is 23.0 Å². The van der Waals surface area contributed by atoms with E-state index in [-0.39, 0.29) is 10.6 Å². The maximum atomic E-state index is 11.0. The Hall–Kier alpha value is -1.17. The Kier molecular flexibility index (Phi) is 4.74. The lowest BCUT2D eigenvalue weighted by Gasteiger charge is -2.31. The highest BCUT2D eigenvalue weighted by Crippen LogP contribution is 2.26. The highest BCUT2D eigenvalue weighted by Gasteiger charge is 2.21. The first kappa shape index (κ1) is 14.2. The van der Waals surface area contributed by atoms with E-state index in [4.69, 9.17) is 17.3 Å². The fourth-order valence-corrected chi connectivity index (χ4v) is 2.67. The Bertz CT molecular complexity index is 459. The lowest BCUT2D eigenvalue weighted by Crippen LogP contribution is -2.35. The smallest absolute Gasteiger partial charge is 0.273 e. The number of nitrogens with zero attached hydrogens (tertiary/aromatic N) is 2. The van der Waals surface area contributed by atoms with E-state index in [1.807, 2.05) is 0 Å². The van der Waals surface area contributed by atoms with Gasteiger partial charge in [-0.3, -0.25) is 15.0 Å². The van der Waals surface area contributed by atoms with Crippen molar-refractivity contribution in [2.45, 2.75) is 19.4 Å². The van der Waals surface area contributed by atoms with Gasteiger partial charge in [-0.2, -0.15) is 0 Å². The second kappa shape index (κ2) is 6.32. The van der Waals surface area contributed by atoms with Crippen LogP contribution in [0, 0.1) is 16.0 Å². The van der Waals surface area contributed by atoms with Crippen LogP contribution >= 0.6 is 11.6 Å². The van der Waals surface area contributed by atoms with Crippen molar-refractivity contribution in [1.29, 1.82) is 0 Å². The van der Waals surface area contributed by atoms with Gasteiger partial charge in [0, 0.05) is 23.2 Å². The lowest BCUT2D eigenvalue weighted by atomic mass is 9.97. The first-order valence-corrected chi connectivity index (χ1v) is 6.83. The summed E-state index contributed by atoms with van der Waals surface area (Å²) in [4.78, 5) is 12.9. The van der Waals surface area contributed by atoms with Crippen LogP contribution in [0.4, 0.5) is 5.69 Å². The van der Waals surface area contributed by atoms with Crippen LogP contribution in [0.15, 0.2) is 18.2 Å². The van der Waals surface area contributed by atoms with Crippen LogP contribution in [0.2, 0.25) is 5.02 Å². The SMILES string of the molecule is NCC1CCN(Cc2cc(Cl)ccc2[N+](=O)[O-])CC1. The molecule has 2 N–H and O–H groups in total. The first-order chi connectivity index (χ1) is 9.10. The van der Waals surface area contributed by atoms with Gasteiger partial charge in [0.2, 0.25) is 0 Å². The number of nitro groups is 1. The molecule has 1 aliphatic heterocycles. The minimum absolute atomic E-state index is 0.144. The summed E-state index contributed by atoms with van der Waals surface area (Å²) in [5.41, 5.74) is 6.49. The number of nitrogens with two attached hydrogens (primary N) is 1. The zero-order valence-corrected chi connectivity index (χ0v) is 11.5. The molecule has 0 atom stereocenters. The number of hydrogen-bond donors (Lipinski definition) is 1. The summed E-state index contributed by atoms with van der Waals surface area (Å²) in [6.07, 6.45) is 2.12. The summed E-state index contributed by atoms with van der Waals surface area (Å²) in [6.45, 7) is 3.18. The van der Waals surface area contributed by atoms with Gasteiger partial charge in [0.05, 0.1) is 4.92 Å².